The smallest absolute Gasteiger partial charge is 0.280 e. The summed E-state index contributed by atoms with van der Waals surface area (Å²) >= 11 is 0. The molecule has 0 saturated carbocycles. The van der Waals surface area contributed by atoms with Gasteiger partial charge in [-0.2, -0.15) is 9.40 Å². The molecule has 172 valence electrons. The second kappa shape index (κ2) is 9.24. The molecular formula is C23H23FN4O4S. The molecule has 1 N–H and O–H groups in total. The van der Waals surface area contributed by atoms with Crippen LogP contribution in [0.2, 0.25) is 0 Å². The predicted octanol–water partition coefficient (Wildman–Crippen LogP) is 3.19. The van der Waals surface area contributed by atoms with Gasteiger partial charge in [0, 0.05) is 30.5 Å². The normalized spacial score (nSPS) is 17.0. The minimum atomic E-state index is -3.63. The molecule has 1 atom stereocenters. The van der Waals surface area contributed by atoms with Crippen molar-refractivity contribution < 1.29 is 17.6 Å². The van der Waals surface area contributed by atoms with E-state index in [0.717, 1.165) is 19.3 Å². The maximum Gasteiger partial charge on any atom is 0.280 e. The molecule has 10 heteroatoms. The van der Waals surface area contributed by atoms with Gasteiger partial charge in [0.15, 0.2) is 5.69 Å². The van der Waals surface area contributed by atoms with Crippen molar-refractivity contribution in [3.8, 4) is 5.69 Å². The number of piperidine rings is 1. The average Bonchev–Trinajstić information content (AvgIpc) is 2.80. The number of nitrogens with zero attached hydrogens (tertiary/aromatic N) is 3. The highest BCUT2D eigenvalue weighted by molar-refractivity contribution is 7.89. The van der Waals surface area contributed by atoms with Crippen LogP contribution in [-0.4, -0.2) is 41.0 Å². The highest BCUT2D eigenvalue weighted by atomic mass is 32.2. The Hall–Kier alpha value is -3.37. The fourth-order valence-electron chi connectivity index (χ4n) is 3.77. The number of hydrogen-bond donors (Lipinski definition) is 1. The van der Waals surface area contributed by atoms with Gasteiger partial charge >= 0.3 is 0 Å². The quantitative estimate of drug-likeness (QED) is 0.617. The lowest BCUT2D eigenvalue weighted by molar-refractivity contribution is 0.101. The number of nitrogens with one attached hydrogen (secondary N) is 1. The first kappa shape index (κ1) is 22.8. The van der Waals surface area contributed by atoms with E-state index in [-0.39, 0.29) is 16.6 Å². The Kier molecular flexibility index (Phi) is 6.39. The van der Waals surface area contributed by atoms with Crippen molar-refractivity contribution >= 4 is 21.6 Å². The molecular weight excluding hydrogens is 447 g/mol. The molecule has 4 rings (SSSR count). The van der Waals surface area contributed by atoms with Crippen LogP contribution in [-0.2, 0) is 10.0 Å². The number of rotatable bonds is 5. The Balaban J connectivity index is 1.53. The van der Waals surface area contributed by atoms with E-state index in [1.807, 2.05) is 6.92 Å². The number of amides is 1. The van der Waals surface area contributed by atoms with E-state index < -0.39 is 27.2 Å². The summed E-state index contributed by atoms with van der Waals surface area (Å²) in [6.45, 7) is 2.39. The van der Waals surface area contributed by atoms with Crippen LogP contribution in [0.1, 0.15) is 36.7 Å². The lowest BCUT2D eigenvalue weighted by atomic mass is 10.1. The Morgan fingerprint density at radius 2 is 1.76 bits per heavy atom. The van der Waals surface area contributed by atoms with Gasteiger partial charge in [-0.25, -0.2) is 17.5 Å². The second-order valence-corrected chi connectivity index (χ2v) is 9.78. The number of aromatic nitrogens is 2. The third-order valence-corrected chi connectivity index (χ3v) is 7.60. The standard InChI is InChI=1S/C23H23FN4O4S/c1-16-4-2-3-14-28(16)33(31,32)20-11-7-18(8-12-20)25-23(30)22-21(29)13-15-27(26-22)19-9-5-17(24)6-10-19/h5-13,15-16H,2-4,14H2,1H3,(H,25,30). The Bertz CT molecular complexity index is 1320. The minimum absolute atomic E-state index is 0.0597. The van der Waals surface area contributed by atoms with Crippen molar-refractivity contribution in [3.05, 3.63) is 82.5 Å². The van der Waals surface area contributed by atoms with E-state index >= 15 is 0 Å². The highest BCUT2D eigenvalue weighted by Crippen LogP contribution is 2.26. The molecule has 33 heavy (non-hydrogen) atoms. The molecule has 1 unspecified atom stereocenters. The van der Waals surface area contributed by atoms with Crippen LogP contribution < -0.4 is 10.7 Å². The van der Waals surface area contributed by atoms with Gasteiger partial charge in [-0.05, 0) is 68.3 Å². The number of sulfonamides is 1. The first-order valence-electron chi connectivity index (χ1n) is 10.5. The zero-order chi connectivity index (χ0) is 23.6. The molecule has 2 heterocycles. The van der Waals surface area contributed by atoms with Crippen LogP contribution >= 0.6 is 0 Å². The van der Waals surface area contributed by atoms with Crippen LogP contribution in [0.15, 0.2) is 70.5 Å². The molecule has 0 spiro atoms. The lowest BCUT2D eigenvalue weighted by Gasteiger charge is -2.32. The van der Waals surface area contributed by atoms with Crippen molar-refractivity contribution in [2.45, 2.75) is 37.1 Å². The summed E-state index contributed by atoms with van der Waals surface area (Å²) in [4.78, 5) is 25.0. The third-order valence-electron chi connectivity index (χ3n) is 5.58. The van der Waals surface area contributed by atoms with Gasteiger partial charge in [-0.15, -0.1) is 0 Å². The zero-order valence-corrected chi connectivity index (χ0v) is 18.8. The van der Waals surface area contributed by atoms with E-state index in [2.05, 4.69) is 10.4 Å². The molecule has 1 aliphatic rings. The molecule has 2 aromatic carbocycles. The topological polar surface area (TPSA) is 101 Å². The summed E-state index contributed by atoms with van der Waals surface area (Å²) in [5.74, 6) is -1.16. The molecule has 1 amide bonds. The first-order valence-corrected chi connectivity index (χ1v) is 12.0. The van der Waals surface area contributed by atoms with Crippen molar-refractivity contribution in [1.29, 1.82) is 0 Å². The maximum absolute atomic E-state index is 13.2. The third kappa shape index (κ3) is 4.86. The van der Waals surface area contributed by atoms with Crippen molar-refractivity contribution in [2.75, 3.05) is 11.9 Å². The maximum atomic E-state index is 13.2. The fraction of sp³-hybridized carbons (Fsp3) is 0.261. The highest BCUT2D eigenvalue weighted by Gasteiger charge is 2.30. The van der Waals surface area contributed by atoms with Gasteiger partial charge < -0.3 is 5.32 Å². The molecule has 0 bridgehead atoms. The monoisotopic (exact) mass is 470 g/mol. The Morgan fingerprint density at radius 1 is 1.06 bits per heavy atom. The van der Waals surface area contributed by atoms with Gasteiger partial charge in [0.1, 0.15) is 5.82 Å². The molecule has 1 aromatic heterocycles. The van der Waals surface area contributed by atoms with E-state index in [9.17, 15) is 22.4 Å². The summed E-state index contributed by atoms with van der Waals surface area (Å²) in [5, 5.41) is 6.63. The summed E-state index contributed by atoms with van der Waals surface area (Å²) in [6.07, 6.45) is 4.05. The van der Waals surface area contributed by atoms with Crippen LogP contribution in [0, 0.1) is 5.82 Å². The Morgan fingerprint density at radius 3 is 2.42 bits per heavy atom. The van der Waals surface area contributed by atoms with Gasteiger partial charge in [-0.1, -0.05) is 6.42 Å². The number of carbonyl (C=O) groups excluding carboxylic acids is 1. The molecule has 8 nitrogen and oxygen atoms in total. The summed E-state index contributed by atoms with van der Waals surface area (Å²) < 4.78 is 41.9. The zero-order valence-electron chi connectivity index (χ0n) is 17.9. The molecule has 1 fully saturated rings. The number of halogens is 1. The van der Waals surface area contributed by atoms with Crippen LogP contribution in [0.4, 0.5) is 10.1 Å². The number of anilines is 1. The molecule has 0 radical (unpaired) electrons. The SMILES string of the molecule is CC1CCCCN1S(=O)(=O)c1ccc(NC(=O)c2nn(-c3ccc(F)cc3)ccc2=O)cc1. The number of benzene rings is 2. The fourth-order valence-corrected chi connectivity index (χ4v) is 5.47. The van der Waals surface area contributed by atoms with Crippen molar-refractivity contribution in [2.24, 2.45) is 0 Å². The average molecular weight is 471 g/mol. The summed E-state index contributed by atoms with van der Waals surface area (Å²) in [6, 6.07) is 12.4. The van der Waals surface area contributed by atoms with Gasteiger partial charge in [0.2, 0.25) is 15.5 Å². The van der Waals surface area contributed by atoms with E-state index in [0.29, 0.717) is 17.9 Å². The van der Waals surface area contributed by atoms with E-state index in [1.165, 1.54) is 69.8 Å². The second-order valence-electron chi connectivity index (χ2n) is 7.89. The first-order chi connectivity index (χ1) is 15.8. The van der Waals surface area contributed by atoms with Gasteiger partial charge in [0.05, 0.1) is 10.6 Å². The van der Waals surface area contributed by atoms with Crippen LogP contribution in [0.5, 0.6) is 0 Å². The van der Waals surface area contributed by atoms with Crippen molar-refractivity contribution in [1.82, 2.24) is 14.1 Å². The largest absolute Gasteiger partial charge is 0.320 e. The van der Waals surface area contributed by atoms with E-state index in [4.69, 9.17) is 0 Å². The predicted molar refractivity (Wildman–Crippen MR) is 121 cm³/mol. The minimum Gasteiger partial charge on any atom is -0.320 e. The Labute approximate surface area is 190 Å². The van der Waals surface area contributed by atoms with Crippen molar-refractivity contribution in [3.63, 3.8) is 0 Å². The van der Waals surface area contributed by atoms with Crippen LogP contribution in [0.3, 0.4) is 0 Å². The summed E-state index contributed by atoms with van der Waals surface area (Å²) in [7, 11) is -3.63. The van der Waals surface area contributed by atoms with Gasteiger partial charge in [-0.3, -0.25) is 9.59 Å². The molecule has 0 aliphatic carbocycles. The van der Waals surface area contributed by atoms with Crippen LogP contribution in [0.25, 0.3) is 5.69 Å². The van der Waals surface area contributed by atoms with E-state index in [1.54, 1.807) is 0 Å². The molecule has 1 saturated heterocycles. The lowest BCUT2D eigenvalue weighted by Crippen LogP contribution is -2.41. The summed E-state index contributed by atoms with van der Waals surface area (Å²) in [5.41, 5.74) is -0.124. The number of carbonyl (C=O) groups is 1. The molecule has 3 aromatic rings. The van der Waals surface area contributed by atoms with Gasteiger partial charge in [0.25, 0.3) is 5.91 Å². The number of hydrogen-bond acceptors (Lipinski definition) is 5. The molecule has 1 aliphatic heterocycles.